The highest BCUT2D eigenvalue weighted by atomic mass is 32.3. The second-order valence-electron chi connectivity index (χ2n) is 10.7. The molecule has 0 amide bonds. The molecule has 5 nitrogen and oxygen atoms in total. The summed E-state index contributed by atoms with van der Waals surface area (Å²) >= 11 is 0. The molecule has 0 atom stereocenters. The summed E-state index contributed by atoms with van der Waals surface area (Å²) < 4.78 is 31.6. The molecule has 0 bridgehead atoms. The molecule has 0 unspecified atom stereocenters. The van der Waals surface area contributed by atoms with E-state index < -0.39 is 10.4 Å². The van der Waals surface area contributed by atoms with E-state index in [1.807, 2.05) is 0 Å². The first kappa shape index (κ1) is 38.0. The van der Waals surface area contributed by atoms with Gasteiger partial charge in [0.25, 0.3) is 0 Å². The molecule has 0 aromatic heterocycles. The van der Waals surface area contributed by atoms with Crippen LogP contribution >= 0.6 is 0 Å². The van der Waals surface area contributed by atoms with Crippen molar-refractivity contribution in [3.63, 3.8) is 0 Å². The Morgan fingerprint density at radius 2 is 0.556 bits per heavy atom. The fourth-order valence-electron chi connectivity index (χ4n) is 4.74. The lowest BCUT2D eigenvalue weighted by Gasteiger charge is -2.22. The van der Waals surface area contributed by atoms with Gasteiger partial charge in [-0.1, -0.05) is 156 Å². The Bertz CT molecular complexity index is 444. The van der Waals surface area contributed by atoms with Gasteiger partial charge in [-0.3, -0.25) is 9.11 Å². The number of rotatable bonds is 27. The SMILES string of the molecule is CCCCCCCCCCN(CCCCCCCCCC)CCCCCCCCCC.O=S(=O)(O)O. The van der Waals surface area contributed by atoms with Crippen LogP contribution in [0.1, 0.15) is 175 Å². The van der Waals surface area contributed by atoms with Crippen molar-refractivity contribution in [2.75, 3.05) is 19.6 Å². The van der Waals surface area contributed by atoms with Gasteiger partial charge < -0.3 is 4.90 Å². The van der Waals surface area contributed by atoms with Gasteiger partial charge in [-0.15, -0.1) is 0 Å². The van der Waals surface area contributed by atoms with Crippen LogP contribution in [0.15, 0.2) is 0 Å². The van der Waals surface area contributed by atoms with E-state index in [-0.39, 0.29) is 0 Å². The maximum atomic E-state index is 8.74. The molecule has 0 aromatic carbocycles. The van der Waals surface area contributed by atoms with E-state index in [1.165, 1.54) is 174 Å². The van der Waals surface area contributed by atoms with Crippen LogP contribution in [0.5, 0.6) is 0 Å². The summed E-state index contributed by atoms with van der Waals surface area (Å²) in [5.41, 5.74) is 0. The summed E-state index contributed by atoms with van der Waals surface area (Å²) in [6, 6.07) is 0. The van der Waals surface area contributed by atoms with Crippen molar-refractivity contribution in [3.05, 3.63) is 0 Å². The largest absolute Gasteiger partial charge is 0.394 e. The lowest BCUT2D eigenvalue weighted by molar-refractivity contribution is 0.254. The summed E-state index contributed by atoms with van der Waals surface area (Å²) in [4.78, 5) is 2.82. The normalized spacial score (nSPS) is 11.6. The van der Waals surface area contributed by atoms with Crippen LogP contribution in [-0.2, 0) is 10.4 Å². The average molecular weight is 536 g/mol. The topological polar surface area (TPSA) is 77.8 Å². The lowest BCUT2D eigenvalue weighted by atomic mass is 10.1. The molecule has 0 aliphatic rings. The Balaban J connectivity index is 0. The zero-order chi connectivity index (χ0) is 27.2. The monoisotopic (exact) mass is 535 g/mol. The Hall–Kier alpha value is -0.170. The van der Waals surface area contributed by atoms with Gasteiger partial charge in [0.05, 0.1) is 0 Å². The number of hydrogen-bond acceptors (Lipinski definition) is 3. The van der Waals surface area contributed by atoms with Crippen LogP contribution in [0, 0.1) is 0 Å². The first-order valence-electron chi connectivity index (χ1n) is 15.8. The molecule has 2 N–H and O–H groups in total. The maximum Gasteiger partial charge on any atom is 0.394 e. The van der Waals surface area contributed by atoms with Crippen molar-refractivity contribution in [1.82, 2.24) is 4.90 Å². The molecule has 0 heterocycles. The summed E-state index contributed by atoms with van der Waals surface area (Å²) in [5.74, 6) is 0. The van der Waals surface area contributed by atoms with E-state index in [9.17, 15) is 0 Å². The fraction of sp³-hybridized carbons (Fsp3) is 1.00. The maximum absolute atomic E-state index is 8.74. The minimum atomic E-state index is -4.67. The van der Waals surface area contributed by atoms with Crippen LogP contribution in [0.3, 0.4) is 0 Å². The molecule has 0 rings (SSSR count). The zero-order valence-electron chi connectivity index (χ0n) is 24.7. The molecule has 0 spiro atoms. The van der Waals surface area contributed by atoms with Crippen molar-refractivity contribution in [3.8, 4) is 0 Å². The molecular weight excluding hydrogens is 470 g/mol. The Morgan fingerprint density at radius 1 is 0.389 bits per heavy atom. The van der Waals surface area contributed by atoms with Gasteiger partial charge in [0.15, 0.2) is 0 Å². The van der Waals surface area contributed by atoms with Gasteiger partial charge in [-0.25, -0.2) is 0 Å². The molecule has 36 heavy (non-hydrogen) atoms. The van der Waals surface area contributed by atoms with E-state index in [4.69, 9.17) is 17.5 Å². The van der Waals surface area contributed by atoms with Gasteiger partial charge in [0.2, 0.25) is 0 Å². The molecular formula is C30H65NO4S. The molecule has 220 valence electrons. The molecule has 0 saturated carbocycles. The van der Waals surface area contributed by atoms with Crippen molar-refractivity contribution in [2.24, 2.45) is 0 Å². The summed E-state index contributed by atoms with van der Waals surface area (Å²) in [7, 11) is -4.67. The van der Waals surface area contributed by atoms with Crippen LogP contribution in [-0.4, -0.2) is 42.1 Å². The van der Waals surface area contributed by atoms with Crippen LogP contribution in [0.4, 0.5) is 0 Å². The second-order valence-corrected chi connectivity index (χ2v) is 11.6. The standard InChI is InChI=1S/C30H63N.H2O4S/c1-4-7-10-13-16-19-22-25-28-31(29-26-23-20-17-14-11-8-5-2)30-27-24-21-18-15-12-9-6-3;1-5(2,3)4/h4-30H2,1-3H3;(H2,1,2,3,4). The highest BCUT2D eigenvalue weighted by Gasteiger charge is 2.05. The van der Waals surface area contributed by atoms with Crippen molar-refractivity contribution in [1.29, 1.82) is 0 Å². The average Bonchev–Trinajstić information content (AvgIpc) is 2.82. The Labute approximate surface area is 227 Å². The number of nitrogens with zero attached hydrogens (tertiary/aromatic N) is 1. The molecule has 0 aromatic rings. The first-order chi connectivity index (χ1) is 17.3. The molecule has 0 radical (unpaired) electrons. The van der Waals surface area contributed by atoms with Crippen molar-refractivity contribution < 1.29 is 17.5 Å². The predicted molar refractivity (Wildman–Crippen MR) is 158 cm³/mol. The molecule has 0 aliphatic heterocycles. The van der Waals surface area contributed by atoms with Gasteiger partial charge >= 0.3 is 10.4 Å². The van der Waals surface area contributed by atoms with Crippen molar-refractivity contribution >= 4 is 10.4 Å². The van der Waals surface area contributed by atoms with E-state index in [0.29, 0.717) is 0 Å². The van der Waals surface area contributed by atoms with E-state index >= 15 is 0 Å². The minimum Gasteiger partial charge on any atom is -0.303 e. The van der Waals surface area contributed by atoms with Crippen LogP contribution < -0.4 is 0 Å². The third-order valence-corrected chi connectivity index (χ3v) is 6.98. The molecule has 0 aliphatic carbocycles. The van der Waals surface area contributed by atoms with Crippen molar-refractivity contribution in [2.45, 2.75) is 175 Å². The Morgan fingerprint density at radius 3 is 0.750 bits per heavy atom. The van der Waals surface area contributed by atoms with Crippen LogP contribution in [0.2, 0.25) is 0 Å². The minimum absolute atomic E-state index is 1.36. The highest BCUT2D eigenvalue weighted by molar-refractivity contribution is 7.79. The Kier molecular flexibility index (Phi) is 32.8. The van der Waals surface area contributed by atoms with Gasteiger partial charge in [-0.05, 0) is 38.9 Å². The summed E-state index contributed by atoms with van der Waals surface area (Å²) in [6.07, 6.45) is 34.6. The zero-order valence-corrected chi connectivity index (χ0v) is 25.5. The molecule has 0 fully saturated rings. The predicted octanol–water partition coefficient (Wildman–Crippen LogP) is 10.1. The molecule has 0 saturated heterocycles. The highest BCUT2D eigenvalue weighted by Crippen LogP contribution is 2.13. The summed E-state index contributed by atoms with van der Waals surface area (Å²) in [6.45, 7) is 11.0. The van der Waals surface area contributed by atoms with E-state index in [0.717, 1.165) is 0 Å². The third-order valence-electron chi connectivity index (χ3n) is 6.98. The van der Waals surface area contributed by atoms with Gasteiger partial charge in [0, 0.05) is 0 Å². The fourth-order valence-corrected chi connectivity index (χ4v) is 4.74. The van der Waals surface area contributed by atoms with Gasteiger partial charge in [-0.2, -0.15) is 8.42 Å². The first-order valence-corrected chi connectivity index (χ1v) is 17.2. The third kappa shape index (κ3) is 41.0. The lowest BCUT2D eigenvalue weighted by Crippen LogP contribution is -2.27. The smallest absolute Gasteiger partial charge is 0.303 e. The quantitative estimate of drug-likeness (QED) is 0.0808. The van der Waals surface area contributed by atoms with E-state index in [1.54, 1.807) is 0 Å². The number of hydrogen-bond donors (Lipinski definition) is 2. The molecule has 6 heteroatoms. The van der Waals surface area contributed by atoms with Crippen LogP contribution in [0.25, 0.3) is 0 Å². The summed E-state index contributed by atoms with van der Waals surface area (Å²) in [5, 5.41) is 0. The second kappa shape index (κ2) is 31.1. The van der Waals surface area contributed by atoms with E-state index in [2.05, 4.69) is 25.7 Å². The van der Waals surface area contributed by atoms with Gasteiger partial charge in [0.1, 0.15) is 0 Å². The number of unbranched alkanes of at least 4 members (excludes halogenated alkanes) is 21.